The Kier molecular flexibility index (Phi) is 8.94. The van der Waals surface area contributed by atoms with E-state index in [0.29, 0.717) is 5.41 Å². The van der Waals surface area contributed by atoms with Crippen LogP contribution in [0.3, 0.4) is 0 Å². The quantitative estimate of drug-likeness (QED) is 0.304. The van der Waals surface area contributed by atoms with E-state index in [1.165, 1.54) is 45.2 Å². The van der Waals surface area contributed by atoms with Gasteiger partial charge in [0.05, 0.1) is 0 Å². The molecule has 1 aliphatic carbocycles. The van der Waals surface area contributed by atoms with Crippen LogP contribution in [0, 0.1) is 5.41 Å². The number of ether oxygens (including phenoxy) is 1. The minimum atomic E-state index is 0. The minimum Gasteiger partial charge on any atom is -0.385 e. The van der Waals surface area contributed by atoms with Crippen molar-refractivity contribution < 1.29 is 4.74 Å². The van der Waals surface area contributed by atoms with E-state index in [2.05, 4.69) is 17.1 Å². The minimum absolute atomic E-state index is 0. The van der Waals surface area contributed by atoms with Crippen molar-refractivity contribution in [1.82, 2.24) is 10.2 Å². The molecule has 4 nitrogen and oxygen atoms in total. The van der Waals surface area contributed by atoms with Gasteiger partial charge in [-0.2, -0.15) is 0 Å². The summed E-state index contributed by atoms with van der Waals surface area (Å²) in [4.78, 5) is 7.29. The first-order valence-electron chi connectivity index (χ1n) is 8.32. The van der Waals surface area contributed by atoms with Crippen LogP contribution in [0.2, 0.25) is 0 Å². The van der Waals surface area contributed by atoms with Crippen LogP contribution in [-0.2, 0) is 4.74 Å². The summed E-state index contributed by atoms with van der Waals surface area (Å²) in [6, 6.07) is 0. The fraction of sp³-hybridized carbons (Fsp3) is 0.938. The first-order valence-corrected chi connectivity index (χ1v) is 8.32. The number of hydrogen-bond acceptors (Lipinski definition) is 2. The van der Waals surface area contributed by atoms with Crippen LogP contribution in [-0.4, -0.2) is 50.8 Å². The van der Waals surface area contributed by atoms with Crippen LogP contribution < -0.4 is 5.32 Å². The SMILES string of the molecule is CCNC(=NCCCCCOC)N1CCC2(CCC2)C1.I. The summed E-state index contributed by atoms with van der Waals surface area (Å²) in [6.07, 6.45) is 9.18. The second kappa shape index (κ2) is 9.87. The van der Waals surface area contributed by atoms with Gasteiger partial charge in [0.15, 0.2) is 5.96 Å². The monoisotopic (exact) mass is 409 g/mol. The van der Waals surface area contributed by atoms with Crippen LogP contribution in [0.15, 0.2) is 4.99 Å². The molecule has 2 fully saturated rings. The predicted molar refractivity (Wildman–Crippen MR) is 99.6 cm³/mol. The first-order chi connectivity index (χ1) is 9.79. The van der Waals surface area contributed by atoms with Gasteiger partial charge in [-0.15, -0.1) is 24.0 Å². The predicted octanol–water partition coefficient (Wildman–Crippen LogP) is 3.26. The third-order valence-electron chi connectivity index (χ3n) is 4.76. The van der Waals surface area contributed by atoms with E-state index in [1.54, 1.807) is 7.11 Å². The lowest BCUT2D eigenvalue weighted by Crippen LogP contribution is -2.42. The molecule has 0 aromatic rings. The topological polar surface area (TPSA) is 36.9 Å². The second-order valence-electron chi connectivity index (χ2n) is 6.31. The lowest BCUT2D eigenvalue weighted by Gasteiger charge is -2.38. The molecular formula is C16H32IN3O. The van der Waals surface area contributed by atoms with Crippen LogP contribution in [0.25, 0.3) is 0 Å². The highest BCUT2D eigenvalue weighted by atomic mass is 127. The molecule has 2 aliphatic rings. The summed E-state index contributed by atoms with van der Waals surface area (Å²) >= 11 is 0. The maximum atomic E-state index is 5.07. The van der Waals surface area contributed by atoms with E-state index < -0.39 is 0 Å². The number of nitrogens with zero attached hydrogens (tertiary/aromatic N) is 2. The molecule has 1 heterocycles. The van der Waals surface area contributed by atoms with E-state index >= 15 is 0 Å². The van der Waals surface area contributed by atoms with Gasteiger partial charge in [0.2, 0.25) is 0 Å². The molecule has 0 aromatic carbocycles. The standard InChI is InChI=1S/C16H31N3O.HI/c1-3-17-15(18-11-5-4-6-13-20-2)19-12-10-16(14-19)8-7-9-16;/h3-14H2,1-2H3,(H,17,18);1H. The Morgan fingerprint density at radius 3 is 2.62 bits per heavy atom. The molecule has 21 heavy (non-hydrogen) atoms. The molecule has 0 aromatic heterocycles. The van der Waals surface area contributed by atoms with Crippen molar-refractivity contribution in [3.05, 3.63) is 0 Å². The molecule has 5 heteroatoms. The summed E-state index contributed by atoms with van der Waals surface area (Å²) in [5.41, 5.74) is 0.647. The largest absolute Gasteiger partial charge is 0.385 e. The number of aliphatic imine (C=N–C) groups is 1. The van der Waals surface area contributed by atoms with Crippen molar-refractivity contribution in [3.8, 4) is 0 Å². The first kappa shape index (κ1) is 19.0. The highest BCUT2D eigenvalue weighted by molar-refractivity contribution is 14.0. The zero-order valence-electron chi connectivity index (χ0n) is 13.7. The Morgan fingerprint density at radius 2 is 2.05 bits per heavy atom. The number of halogens is 1. The highest BCUT2D eigenvalue weighted by Crippen LogP contribution is 2.47. The van der Waals surface area contributed by atoms with Gasteiger partial charge in [0.1, 0.15) is 0 Å². The number of likely N-dealkylation sites (tertiary alicyclic amines) is 1. The van der Waals surface area contributed by atoms with Crippen molar-refractivity contribution >= 4 is 29.9 Å². The lowest BCUT2D eigenvalue weighted by atomic mass is 9.68. The number of guanidine groups is 1. The number of hydrogen-bond donors (Lipinski definition) is 1. The molecular weight excluding hydrogens is 377 g/mol. The fourth-order valence-electron chi connectivity index (χ4n) is 3.35. The molecule has 1 N–H and O–H groups in total. The Morgan fingerprint density at radius 1 is 1.24 bits per heavy atom. The van der Waals surface area contributed by atoms with Gasteiger partial charge < -0.3 is 15.0 Å². The number of rotatable bonds is 7. The summed E-state index contributed by atoms with van der Waals surface area (Å²) in [5.74, 6) is 1.14. The van der Waals surface area contributed by atoms with E-state index in [9.17, 15) is 0 Å². The Balaban J connectivity index is 0.00000220. The van der Waals surface area contributed by atoms with Crippen molar-refractivity contribution in [1.29, 1.82) is 0 Å². The Bertz CT molecular complexity index is 319. The smallest absolute Gasteiger partial charge is 0.193 e. The summed E-state index contributed by atoms with van der Waals surface area (Å²) in [5, 5.41) is 3.46. The maximum Gasteiger partial charge on any atom is 0.193 e. The van der Waals surface area contributed by atoms with Crippen LogP contribution >= 0.6 is 24.0 Å². The van der Waals surface area contributed by atoms with E-state index in [0.717, 1.165) is 38.5 Å². The normalized spacial score (nSPS) is 20.3. The molecule has 1 saturated carbocycles. The summed E-state index contributed by atoms with van der Waals surface area (Å²) in [6.45, 7) is 7.35. The van der Waals surface area contributed by atoms with E-state index in [-0.39, 0.29) is 24.0 Å². The fourth-order valence-corrected chi connectivity index (χ4v) is 3.35. The van der Waals surface area contributed by atoms with Crippen molar-refractivity contribution in [2.75, 3.05) is 39.9 Å². The van der Waals surface area contributed by atoms with E-state index in [1.807, 2.05) is 0 Å². The molecule has 0 unspecified atom stereocenters. The number of methoxy groups -OCH3 is 1. The van der Waals surface area contributed by atoms with E-state index in [4.69, 9.17) is 9.73 Å². The molecule has 0 atom stereocenters. The van der Waals surface area contributed by atoms with Crippen molar-refractivity contribution in [2.24, 2.45) is 10.4 Å². The van der Waals surface area contributed by atoms with Gasteiger partial charge in [-0.3, -0.25) is 4.99 Å². The van der Waals surface area contributed by atoms with Gasteiger partial charge in [-0.1, -0.05) is 6.42 Å². The van der Waals surface area contributed by atoms with Gasteiger partial charge >= 0.3 is 0 Å². The molecule has 1 aliphatic heterocycles. The Hall–Kier alpha value is -0.0400. The van der Waals surface area contributed by atoms with Gasteiger partial charge in [-0.25, -0.2) is 0 Å². The maximum absolute atomic E-state index is 5.07. The molecule has 124 valence electrons. The lowest BCUT2D eigenvalue weighted by molar-refractivity contribution is 0.151. The molecule has 0 amide bonds. The number of unbranched alkanes of at least 4 members (excludes halogenated alkanes) is 2. The summed E-state index contributed by atoms with van der Waals surface area (Å²) < 4.78 is 5.07. The highest BCUT2D eigenvalue weighted by Gasteiger charge is 2.43. The number of nitrogens with one attached hydrogen (secondary N) is 1. The third-order valence-corrected chi connectivity index (χ3v) is 4.76. The van der Waals surface area contributed by atoms with Gasteiger partial charge in [0, 0.05) is 39.9 Å². The summed E-state index contributed by atoms with van der Waals surface area (Å²) in [7, 11) is 1.77. The third kappa shape index (κ3) is 5.58. The van der Waals surface area contributed by atoms with Gasteiger partial charge in [-0.05, 0) is 50.9 Å². The zero-order valence-corrected chi connectivity index (χ0v) is 16.0. The average molecular weight is 409 g/mol. The van der Waals surface area contributed by atoms with Gasteiger partial charge in [0.25, 0.3) is 0 Å². The molecule has 1 spiro atoms. The zero-order chi connectivity index (χ0) is 14.3. The van der Waals surface area contributed by atoms with Crippen molar-refractivity contribution in [2.45, 2.75) is 51.9 Å². The van der Waals surface area contributed by atoms with Crippen molar-refractivity contribution in [3.63, 3.8) is 0 Å². The van der Waals surface area contributed by atoms with Crippen LogP contribution in [0.1, 0.15) is 51.9 Å². The van der Waals surface area contributed by atoms with Crippen LogP contribution in [0.5, 0.6) is 0 Å². The molecule has 0 bridgehead atoms. The molecule has 2 rings (SSSR count). The molecule has 1 saturated heterocycles. The van der Waals surface area contributed by atoms with Crippen LogP contribution in [0.4, 0.5) is 0 Å². The Labute approximate surface area is 147 Å². The molecule has 0 radical (unpaired) electrons. The second-order valence-corrected chi connectivity index (χ2v) is 6.31. The average Bonchev–Trinajstić information content (AvgIpc) is 2.87.